The average Bonchev–Trinajstić information content (AvgIpc) is 2.15. The van der Waals surface area contributed by atoms with Gasteiger partial charge in [0.05, 0.1) is 0 Å². The molecule has 5 heteroatoms. The summed E-state index contributed by atoms with van der Waals surface area (Å²) in [6.45, 7) is 2.21. The van der Waals surface area contributed by atoms with E-state index in [1.807, 2.05) is 0 Å². The van der Waals surface area contributed by atoms with Crippen molar-refractivity contribution in [3.05, 3.63) is 0 Å². The van der Waals surface area contributed by atoms with E-state index in [1.54, 1.807) is 0 Å². The summed E-state index contributed by atoms with van der Waals surface area (Å²) >= 11 is 0. The molecular weight excluding hydrogens is 174 g/mol. The first kappa shape index (κ1) is 10.4. The van der Waals surface area contributed by atoms with Crippen molar-refractivity contribution < 1.29 is 19.5 Å². The largest absolute Gasteiger partial charge is 0.480 e. The Bertz CT molecular complexity index is 168. The van der Waals surface area contributed by atoms with Gasteiger partial charge >= 0.3 is 5.97 Å². The summed E-state index contributed by atoms with van der Waals surface area (Å²) in [4.78, 5) is 15.4. The van der Waals surface area contributed by atoms with Gasteiger partial charge in [-0.25, -0.2) is 0 Å². The van der Waals surface area contributed by atoms with E-state index in [1.165, 1.54) is 6.92 Å². The van der Waals surface area contributed by atoms with Crippen LogP contribution in [-0.2, 0) is 14.4 Å². The molecule has 76 valence electrons. The summed E-state index contributed by atoms with van der Waals surface area (Å²) < 4.78 is 5.23. The molecule has 0 aliphatic carbocycles. The smallest absolute Gasteiger partial charge is 0.322 e. The number of nitrogens with one attached hydrogen (secondary N) is 1. The Morgan fingerprint density at radius 3 is 3.00 bits per heavy atom. The van der Waals surface area contributed by atoms with E-state index in [4.69, 9.17) is 14.7 Å². The van der Waals surface area contributed by atoms with Gasteiger partial charge in [-0.2, -0.15) is 5.48 Å². The van der Waals surface area contributed by atoms with Crippen molar-refractivity contribution in [3.8, 4) is 0 Å². The lowest BCUT2D eigenvalue weighted by molar-refractivity contribution is -0.205. The zero-order valence-electron chi connectivity index (χ0n) is 7.66. The summed E-state index contributed by atoms with van der Waals surface area (Å²) in [7, 11) is 0. The van der Waals surface area contributed by atoms with Gasteiger partial charge in [-0.1, -0.05) is 0 Å². The Balaban J connectivity index is 2.13. The number of hydrogen-bond donors (Lipinski definition) is 2. The molecule has 1 aliphatic heterocycles. The Kier molecular flexibility index (Phi) is 4.14. The highest BCUT2D eigenvalue weighted by atomic mass is 16.8. The fraction of sp³-hybridized carbons (Fsp3) is 0.875. The number of carbonyl (C=O) groups is 1. The van der Waals surface area contributed by atoms with E-state index in [-0.39, 0.29) is 6.29 Å². The van der Waals surface area contributed by atoms with E-state index in [2.05, 4.69) is 5.48 Å². The van der Waals surface area contributed by atoms with Crippen molar-refractivity contribution in [3.63, 3.8) is 0 Å². The van der Waals surface area contributed by atoms with E-state index in [0.717, 1.165) is 19.3 Å². The van der Waals surface area contributed by atoms with Crippen LogP contribution < -0.4 is 5.48 Å². The van der Waals surface area contributed by atoms with Crippen LogP contribution in [0.3, 0.4) is 0 Å². The highest BCUT2D eigenvalue weighted by Crippen LogP contribution is 2.12. The number of carboxylic acids is 1. The number of rotatable bonds is 4. The van der Waals surface area contributed by atoms with Crippen molar-refractivity contribution >= 4 is 5.97 Å². The lowest BCUT2D eigenvalue weighted by Gasteiger charge is -2.23. The van der Waals surface area contributed by atoms with Crippen LogP contribution in [0.5, 0.6) is 0 Å². The van der Waals surface area contributed by atoms with Crippen molar-refractivity contribution in [1.29, 1.82) is 0 Å². The maximum Gasteiger partial charge on any atom is 0.322 e. The molecule has 0 aromatic rings. The molecule has 0 spiro atoms. The number of ether oxygens (including phenoxy) is 1. The third-order valence-electron chi connectivity index (χ3n) is 1.88. The Labute approximate surface area is 77.0 Å². The molecule has 0 amide bonds. The van der Waals surface area contributed by atoms with Gasteiger partial charge in [0.1, 0.15) is 6.04 Å². The third-order valence-corrected chi connectivity index (χ3v) is 1.88. The summed E-state index contributed by atoms with van der Waals surface area (Å²) in [5, 5.41) is 8.53. The maximum absolute atomic E-state index is 10.4. The van der Waals surface area contributed by atoms with Crippen LogP contribution in [0.4, 0.5) is 0 Å². The molecule has 1 rings (SSSR count). The minimum atomic E-state index is -0.934. The average molecular weight is 189 g/mol. The fourth-order valence-electron chi connectivity index (χ4n) is 1.03. The van der Waals surface area contributed by atoms with E-state index in [9.17, 15) is 4.79 Å². The molecule has 0 aromatic carbocycles. The van der Waals surface area contributed by atoms with Crippen molar-refractivity contribution in [1.82, 2.24) is 5.48 Å². The Morgan fingerprint density at radius 1 is 1.69 bits per heavy atom. The molecule has 1 saturated heterocycles. The number of aliphatic carboxylic acids is 1. The predicted molar refractivity (Wildman–Crippen MR) is 44.9 cm³/mol. The molecule has 1 aliphatic rings. The van der Waals surface area contributed by atoms with Gasteiger partial charge in [0.2, 0.25) is 0 Å². The molecule has 1 heterocycles. The fourth-order valence-corrected chi connectivity index (χ4v) is 1.03. The van der Waals surface area contributed by atoms with Gasteiger partial charge in [0.25, 0.3) is 0 Å². The van der Waals surface area contributed by atoms with Crippen molar-refractivity contribution in [2.45, 2.75) is 38.5 Å². The first-order valence-corrected chi connectivity index (χ1v) is 4.45. The van der Waals surface area contributed by atoms with Crippen LogP contribution in [0.15, 0.2) is 0 Å². The van der Waals surface area contributed by atoms with Crippen molar-refractivity contribution in [2.24, 2.45) is 0 Å². The zero-order chi connectivity index (χ0) is 9.68. The lowest BCUT2D eigenvalue weighted by atomic mass is 10.2. The van der Waals surface area contributed by atoms with Crippen molar-refractivity contribution in [2.75, 3.05) is 6.61 Å². The van der Waals surface area contributed by atoms with Crippen LogP contribution in [0.25, 0.3) is 0 Å². The number of carboxylic acid groups (broad SMARTS) is 1. The second-order valence-electron chi connectivity index (χ2n) is 3.09. The number of hydroxylamine groups is 1. The topological polar surface area (TPSA) is 67.8 Å². The second-order valence-corrected chi connectivity index (χ2v) is 3.09. The predicted octanol–water partition coefficient (Wildman–Crippen LogP) is 0.507. The van der Waals surface area contributed by atoms with Crippen LogP contribution in [0, 0.1) is 0 Å². The summed E-state index contributed by atoms with van der Waals surface area (Å²) in [6.07, 6.45) is 2.64. The molecule has 2 N–H and O–H groups in total. The van der Waals surface area contributed by atoms with Crippen LogP contribution in [0.1, 0.15) is 26.2 Å². The van der Waals surface area contributed by atoms with Gasteiger partial charge < -0.3 is 9.84 Å². The van der Waals surface area contributed by atoms with Crippen LogP contribution in [0.2, 0.25) is 0 Å². The monoisotopic (exact) mass is 189 g/mol. The lowest BCUT2D eigenvalue weighted by Crippen LogP contribution is -2.38. The third kappa shape index (κ3) is 3.71. The molecule has 0 aromatic heterocycles. The quantitative estimate of drug-likeness (QED) is 0.630. The normalized spacial score (nSPS) is 25.5. The molecule has 2 atom stereocenters. The summed E-state index contributed by atoms with van der Waals surface area (Å²) in [5.74, 6) is -0.934. The molecular formula is C8H15NO4. The first-order valence-electron chi connectivity index (χ1n) is 4.45. The molecule has 0 radical (unpaired) electrons. The Morgan fingerprint density at radius 2 is 2.46 bits per heavy atom. The SMILES string of the molecule is CC(NOC1CCCCO1)C(=O)O. The second kappa shape index (κ2) is 5.16. The number of hydrogen-bond acceptors (Lipinski definition) is 4. The molecule has 5 nitrogen and oxygen atoms in total. The van der Waals surface area contributed by atoms with E-state index in [0.29, 0.717) is 6.61 Å². The molecule has 1 fully saturated rings. The van der Waals surface area contributed by atoms with Gasteiger partial charge in [-0.15, -0.1) is 0 Å². The minimum Gasteiger partial charge on any atom is -0.480 e. The molecule has 0 saturated carbocycles. The highest BCUT2D eigenvalue weighted by Gasteiger charge is 2.17. The van der Waals surface area contributed by atoms with Gasteiger partial charge in [-0.3, -0.25) is 9.63 Å². The minimum absolute atomic E-state index is 0.296. The highest BCUT2D eigenvalue weighted by molar-refractivity contribution is 5.72. The summed E-state index contributed by atoms with van der Waals surface area (Å²) in [6, 6.07) is -0.703. The standard InChI is InChI=1S/C8H15NO4/c1-6(8(10)11)9-13-7-4-2-3-5-12-7/h6-7,9H,2-5H2,1H3,(H,10,11). The van der Waals surface area contributed by atoms with Gasteiger partial charge in [-0.05, 0) is 19.8 Å². The zero-order valence-corrected chi connectivity index (χ0v) is 7.66. The molecule has 0 bridgehead atoms. The van der Waals surface area contributed by atoms with E-state index >= 15 is 0 Å². The van der Waals surface area contributed by atoms with E-state index < -0.39 is 12.0 Å². The summed E-state index contributed by atoms with van der Waals surface area (Å²) in [5.41, 5.74) is 2.43. The Hall–Kier alpha value is -0.650. The van der Waals surface area contributed by atoms with Crippen LogP contribution >= 0.6 is 0 Å². The molecule has 2 unspecified atom stereocenters. The van der Waals surface area contributed by atoms with Gasteiger partial charge in [0.15, 0.2) is 6.29 Å². The first-order chi connectivity index (χ1) is 6.20. The van der Waals surface area contributed by atoms with Gasteiger partial charge in [0, 0.05) is 13.0 Å². The maximum atomic E-state index is 10.4. The molecule has 13 heavy (non-hydrogen) atoms. The van der Waals surface area contributed by atoms with Crippen LogP contribution in [-0.4, -0.2) is 30.0 Å².